The zero-order chi connectivity index (χ0) is 26.3. The van der Waals surface area contributed by atoms with Crippen molar-refractivity contribution < 1.29 is 27.8 Å². The smallest absolute Gasteiger partial charge is 0.278 e. The molecule has 1 N–H and O–H groups in total. The Labute approximate surface area is 216 Å². The number of ether oxygens (including phenoxy) is 1. The van der Waals surface area contributed by atoms with Crippen LogP contribution in [0.3, 0.4) is 0 Å². The van der Waals surface area contributed by atoms with Gasteiger partial charge < -0.3 is 14.7 Å². The first-order chi connectivity index (χ1) is 18.4. The van der Waals surface area contributed by atoms with Crippen LogP contribution in [0, 0.1) is 16.9 Å². The molecule has 7 rings (SSSR count). The third kappa shape index (κ3) is 3.04. The summed E-state index contributed by atoms with van der Waals surface area (Å²) in [5, 5.41) is 11.6. The number of thiazole rings is 1. The van der Waals surface area contributed by atoms with Gasteiger partial charge in [0.15, 0.2) is 23.1 Å². The number of fused-ring (bicyclic) bond motifs is 7. The van der Waals surface area contributed by atoms with Crippen LogP contribution >= 0.6 is 11.3 Å². The van der Waals surface area contributed by atoms with Crippen LogP contribution in [0.25, 0.3) is 21.7 Å². The predicted molar refractivity (Wildman–Crippen MR) is 131 cm³/mol. The van der Waals surface area contributed by atoms with Crippen molar-refractivity contribution in [1.29, 1.82) is 0 Å². The number of aromatic hydroxyl groups is 1. The van der Waals surface area contributed by atoms with Gasteiger partial charge >= 0.3 is 0 Å². The Morgan fingerprint density at radius 3 is 2.71 bits per heavy atom. The Balaban J connectivity index is 1.60. The van der Waals surface area contributed by atoms with Crippen LogP contribution in [0.4, 0.5) is 13.2 Å². The molecular weight excluding hydrogens is 521 g/mol. The molecule has 4 aromatic rings. The van der Waals surface area contributed by atoms with Crippen molar-refractivity contribution in [2.24, 2.45) is 0 Å². The second-order valence-electron chi connectivity index (χ2n) is 9.12. The lowest BCUT2D eigenvalue weighted by atomic mass is 9.92. The van der Waals surface area contributed by atoms with Crippen molar-refractivity contribution >= 4 is 17.2 Å². The van der Waals surface area contributed by atoms with E-state index in [1.54, 1.807) is 29.3 Å². The number of morpholine rings is 1. The summed E-state index contributed by atoms with van der Waals surface area (Å²) < 4.78 is 51.8. The Bertz CT molecular complexity index is 1720. The average molecular weight is 539 g/mol. The van der Waals surface area contributed by atoms with Crippen LogP contribution in [0.15, 0.2) is 53.5 Å². The minimum Gasteiger partial charge on any atom is -0.502 e. The number of pyridine rings is 1. The summed E-state index contributed by atoms with van der Waals surface area (Å²) in [7, 11) is 0. The standard InChI is InChI=1S/C26H17F3N4O4S/c27-15-6-5-14-18(19(15)28)20-24(38-26(29)30-20)13-4-2-1-3-12(13)21(14)33-17-11-37-10-9-31(17)25(36)22-23(35)16(34)7-8-32(22)33/h1-8,17,21,35H,9-11H2. The molecule has 4 heterocycles. The normalized spacial score (nSPS) is 19.7. The fourth-order valence-electron chi connectivity index (χ4n) is 5.61. The zero-order valence-electron chi connectivity index (χ0n) is 19.4. The van der Waals surface area contributed by atoms with Crippen LogP contribution < -0.4 is 10.4 Å². The van der Waals surface area contributed by atoms with E-state index < -0.39 is 46.2 Å². The number of hydrogen-bond acceptors (Lipinski definition) is 7. The molecule has 192 valence electrons. The van der Waals surface area contributed by atoms with E-state index in [0.717, 1.165) is 23.5 Å². The van der Waals surface area contributed by atoms with E-state index >= 15 is 4.39 Å². The fraction of sp³-hybridized carbons (Fsp3) is 0.192. The van der Waals surface area contributed by atoms with Gasteiger partial charge in [0.25, 0.3) is 11.2 Å². The molecule has 12 heteroatoms. The van der Waals surface area contributed by atoms with Gasteiger partial charge in [-0.25, -0.2) is 13.8 Å². The van der Waals surface area contributed by atoms with E-state index in [1.165, 1.54) is 21.8 Å². The molecule has 2 aliphatic heterocycles. The van der Waals surface area contributed by atoms with E-state index in [9.17, 15) is 23.5 Å². The zero-order valence-corrected chi connectivity index (χ0v) is 20.2. The summed E-state index contributed by atoms with van der Waals surface area (Å²) in [5.74, 6) is -3.58. The number of nitrogens with zero attached hydrogens (tertiary/aromatic N) is 4. The van der Waals surface area contributed by atoms with Crippen molar-refractivity contribution in [1.82, 2.24) is 14.6 Å². The van der Waals surface area contributed by atoms with Gasteiger partial charge in [-0.1, -0.05) is 41.7 Å². The number of rotatable bonds is 1. The summed E-state index contributed by atoms with van der Waals surface area (Å²) in [5.41, 5.74) is 0.219. The molecule has 2 aromatic carbocycles. The van der Waals surface area contributed by atoms with Crippen LogP contribution in [0.5, 0.6) is 5.75 Å². The number of hydrogen-bond donors (Lipinski definition) is 1. The first-order valence-corrected chi connectivity index (χ1v) is 12.5. The molecule has 8 nitrogen and oxygen atoms in total. The lowest BCUT2D eigenvalue weighted by Gasteiger charge is -2.51. The van der Waals surface area contributed by atoms with Crippen molar-refractivity contribution in [3.63, 3.8) is 0 Å². The first-order valence-electron chi connectivity index (χ1n) is 11.7. The number of aromatic nitrogens is 2. The maximum absolute atomic E-state index is 15.6. The van der Waals surface area contributed by atoms with Crippen molar-refractivity contribution in [3.8, 4) is 27.4 Å². The van der Waals surface area contributed by atoms with Crippen molar-refractivity contribution in [3.05, 3.63) is 92.6 Å². The molecule has 0 bridgehead atoms. The van der Waals surface area contributed by atoms with E-state index in [4.69, 9.17) is 4.74 Å². The highest BCUT2D eigenvalue weighted by Crippen LogP contribution is 2.50. The van der Waals surface area contributed by atoms with Crippen LogP contribution in [0.2, 0.25) is 0 Å². The fourth-order valence-corrected chi connectivity index (χ4v) is 6.45. The number of benzene rings is 2. The Morgan fingerprint density at radius 2 is 1.87 bits per heavy atom. The monoisotopic (exact) mass is 538 g/mol. The summed E-state index contributed by atoms with van der Waals surface area (Å²) in [6, 6.07) is 9.68. The first kappa shape index (κ1) is 23.0. The second kappa shape index (κ2) is 8.17. The van der Waals surface area contributed by atoms with Gasteiger partial charge in [0.2, 0.25) is 5.43 Å². The maximum atomic E-state index is 15.6. The quantitative estimate of drug-likeness (QED) is 0.399. The minimum absolute atomic E-state index is 0.0257. The molecule has 1 fully saturated rings. The summed E-state index contributed by atoms with van der Waals surface area (Å²) in [4.78, 5) is 31.6. The van der Waals surface area contributed by atoms with E-state index in [2.05, 4.69) is 4.98 Å². The van der Waals surface area contributed by atoms with Crippen molar-refractivity contribution in [2.75, 3.05) is 24.8 Å². The highest BCUT2D eigenvalue weighted by molar-refractivity contribution is 7.14. The summed E-state index contributed by atoms with van der Waals surface area (Å²) >= 11 is 0.723. The van der Waals surface area contributed by atoms with Crippen LogP contribution in [-0.4, -0.2) is 51.5 Å². The third-order valence-corrected chi connectivity index (χ3v) is 8.08. The van der Waals surface area contributed by atoms with Crippen LogP contribution in [-0.2, 0) is 4.74 Å². The second-order valence-corrected chi connectivity index (χ2v) is 10.1. The third-order valence-electron chi connectivity index (χ3n) is 7.20. The topological polar surface area (TPSA) is 87.9 Å². The molecule has 3 aliphatic rings. The van der Waals surface area contributed by atoms with Crippen LogP contribution in [0.1, 0.15) is 27.7 Å². The highest BCUT2D eigenvalue weighted by Gasteiger charge is 2.47. The lowest BCUT2D eigenvalue weighted by molar-refractivity contribution is -0.0196. The SMILES string of the molecule is O=C1c2c(O)c(=O)ccn2N(C2c3ccccc3-c3sc(F)nc3-c3c2ccc(F)c3F)C2COCCN12. The number of carbonyl (C=O) groups excluding carboxylic acids is 1. The summed E-state index contributed by atoms with van der Waals surface area (Å²) in [6.07, 6.45) is 0.632. The molecule has 1 saturated heterocycles. The van der Waals surface area contributed by atoms with Crippen molar-refractivity contribution in [2.45, 2.75) is 12.2 Å². The predicted octanol–water partition coefficient (Wildman–Crippen LogP) is 3.61. The molecule has 2 atom stereocenters. The molecule has 0 radical (unpaired) electrons. The lowest BCUT2D eigenvalue weighted by Crippen LogP contribution is -2.66. The molecular formula is C26H17F3N4O4S. The molecule has 1 amide bonds. The maximum Gasteiger partial charge on any atom is 0.278 e. The van der Waals surface area contributed by atoms with Gasteiger partial charge in [0.1, 0.15) is 6.17 Å². The largest absolute Gasteiger partial charge is 0.502 e. The average Bonchev–Trinajstić information content (AvgIpc) is 3.26. The van der Waals surface area contributed by atoms with Gasteiger partial charge in [0.05, 0.1) is 29.8 Å². The Hall–Kier alpha value is -4.16. The van der Waals surface area contributed by atoms with Gasteiger partial charge in [-0.05, 0) is 22.8 Å². The van der Waals surface area contributed by atoms with E-state index in [1.807, 2.05) is 0 Å². The number of amides is 1. The molecule has 38 heavy (non-hydrogen) atoms. The van der Waals surface area contributed by atoms with Gasteiger partial charge in [-0.2, -0.15) is 4.39 Å². The number of halogens is 3. The summed E-state index contributed by atoms with van der Waals surface area (Å²) in [6.45, 7) is 0.498. The minimum atomic E-state index is -1.18. The van der Waals surface area contributed by atoms with Gasteiger partial charge in [0, 0.05) is 24.4 Å². The number of carbonyl (C=O) groups is 1. The molecule has 2 unspecified atom stereocenters. The Kier molecular flexibility index (Phi) is 4.94. The van der Waals surface area contributed by atoms with E-state index in [-0.39, 0.29) is 42.3 Å². The Morgan fingerprint density at radius 1 is 1.05 bits per heavy atom. The van der Waals surface area contributed by atoms with E-state index in [0.29, 0.717) is 16.0 Å². The molecule has 0 spiro atoms. The highest BCUT2D eigenvalue weighted by atomic mass is 32.1. The van der Waals surface area contributed by atoms with Gasteiger partial charge in [-0.15, -0.1) is 0 Å². The molecule has 1 aliphatic carbocycles. The van der Waals surface area contributed by atoms with Gasteiger partial charge in [-0.3, -0.25) is 19.3 Å². The molecule has 2 aromatic heterocycles. The molecule has 0 saturated carbocycles.